The highest BCUT2D eigenvalue weighted by molar-refractivity contribution is 8.00. The van der Waals surface area contributed by atoms with Crippen molar-refractivity contribution in [1.82, 2.24) is 5.32 Å². The van der Waals surface area contributed by atoms with Crippen LogP contribution in [0.25, 0.3) is 0 Å². The maximum atomic E-state index is 12.0. The third-order valence-electron chi connectivity index (χ3n) is 2.55. The Labute approximate surface area is 115 Å². The van der Waals surface area contributed by atoms with Crippen LogP contribution in [-0.4, -0.2) is 23.0 Å². The molecule has 1 aromatic rings. The highest BCUT2D eigenvalue weighted by atomic mass is 32.2. The Hall–Kier alpha value is -0.960. The maximum Gasteiger partial charge on any atom is 0.251 e. The van der Waals surface area contributed by atoms with Gasteiger partial charge >= 0.3 is 0 Å². The zero-order valence-electron chi connectivity index (χ0n) is 12.0. The van der Waals surface area contributed by atoms with Crippen LogP contribution < -0.4 is 5.32 Å². The van der Waals surface area contributed by atoms with Crippen LogP contribution in [0.3, 0.4) is 0 Å². The lowest BCUT2D eigenvalue weighted by Gasteiger charge is -2.17. The standard InChI is InChI=1S/C15H23NOS/c1-11-6-7-13(12(2)10-11)14(17)16-8-9-18-15(3,4)5/h6-7,10H,8-9H2,1-5H3,(H,16,17). The first kappa shape index (κ1) is 15.1. The van der Waals surface area contributed by atoms with Gasteiger partial charge in [-0.25, -0.2) is 0 Å². The third-order valence-corrected chi connectivity index (χ3v) is 3.82. The largest absolute Gasteiger partial charge is 0.351 e. The highest BCUT2D eigenvalue weighted by Crippen LogP contribution is 2.22. The molecule has 100 valence electrons. The van der Waals surface area contributed by atoms with Crippen LogP contribution in [0.15, 0.2) is 18.2 Å². The summed E-state index contributed by atoms with van der Waals surface area (Å²) >= 11 is 1.86. The number of nitrogens with one attached hydrogen (secondary N) is 1. The van der Waals surface area contributed by atoms with Crippen molar-refractivity contribution in [2.24, 2.45) is 0 Å². The van der Waals surface area contributed by atoms with Gasteiger partial charge in [-0.3, -0.25) is 4.79 Å². The van der Waals surface area contributed by atoms with E-state index in [2.05, 4.69) is 26.1 Å². The molecule has 0 aromatic heterocycles. The van der Waals surface area contributed by atoms with Crippen LogP contribution in [0.1, 0.15) is 42.3 Å². The summed E-state index contributed by atoms with van der Waals surface area (Å²) in [4.78, 5) is 12.0. The van der Waals surface area contributed by atoms with Crippen LogP contribution in [0.2, 0.25) is 0 Å². The fourth-order valence-corrected chi connectivity index (χ4v) is 2.50. The smallest absolute Gasteiger partial charge is 0.251 e. The molecule has 0 saturated carbocycles. The molecule has 0 bridgehead atoms. The van der Waals surface area contributed by atoms with E-state index in [0.29, 0.717) is 6.54 Å². The normalized spacial score (nSPS) is 11.4. The molecule has 0 radical (unpaired) electrons. The molecular formula is C15H23NOS. The fourth-order valence-electron chi connectivity index (χ4n) is 1.69. The Bertz CT molecular complexity index is 421. The van der Waals surface area contributed by atoms with E-state index >= 15 is 0 Å². The van der Waals surface area contributed by atoms with Crippen molar-refractivity contribution in [2.45, 2.75) is 39.4 Å². The first-order valence-corrected chi connectivity index (χ1v) is 7.27. The molecule has 0 saturated heterocycles. The van der Waals surface area contributed by atoms with E-state index in [9.17, 15) is 4.79 Å². The van der Waals surface area contributed by atoms with Crippen molar-refractivity contribution in [3.63, 3.8) is 0 Å². The van der Waals surface area contributed by atoms with Crippen LogP contribution in [0, 0.1) is 13.8 Å². The number of amides is 1. The fraction of sp³-hybridized carbons (Fsp3) is 0.533. The Morgan fingerprint density at radius 1 is 1.28 bits per heavy atom. The van der Waals surface area contributed by atoms with Gasteiger partial charge in [0.1, 0.15) is 0 Å². The van der Waals surface area contributed by atoms with Gasteiger partial charge in [0.15, 0.2) is 0 Å². The van der Waals surface area contributed by atoms with E-state index < -0.39 is 0 Å². The second-order valence-electron chi connectivity index (χ2n) is 5.54. The molecule has 1 N–H and O–H groups in total. The molecule has 0 aliphatic rings. The lowest BCUT2D eigenvalue weighted by Crippen LogP contribution is -2.27. The van der Waals surface area contributed by atoms with Gasteiger partial charge in [-0.05, 0) is 25.5 Å². The number of aryl methyl sites for hydroxylation is 2. The second kappa shape index (κ2) is 6.28. The zero-order valence-corrected chi connectivity index (χ0v) is 12.8. The molecule has 1 amide bonds. The molecule has 0 heterocycles. The summed E-state index contributed by atoms with van der Waals surface area (Å²) in [5.41, 5.74) is 3.00. The molecule has 18 heavy (non-hydrogen) atoms. The number of benzene rings is 1. The van der Waals surface area contributed by atoms with E-state index in [-0.39, 0.29) is 10.7 Å². The number of carbonyl (C=O) groups is 1. The van der Waals surface area contributed by atoms with Crippen LogP contribution >= 0.6 is 11.8 Å². The molecule has 0 fully saturated rings. The van der Waals surface area contributed by atoms with Crippen LogP contribution in [0.5, 0.6) is 0 Å². The molecule has 0 atom stereocenters. The molecule has 0 aliphatic heterocycles. The molecule has 0 spiro atoms. The van der Waals surface area contributed by atoms with Gasteiger partial charge < -0.3 is 5.32 Å². The van der Waals surface area contributed by atoms with Crippen LogP contribution in [-0.2, 0) is 0 Å². The molecule has 1 aromatic carbocycles. The van der Waals surface area contributed by atoms with Crippen molar-refractivity contribution in [2.75, 3.05) is 12.3 Å². The topological polar surface area (TPSA) is 29.1 Å². The van der Waals surface area contributed by atoms with Gasteiger partial charge in [0, 0.05) is 22.6 Å². The van der Waals surface area contributed by atoms with E-state index in [1.54, 1.807) is 0 Å². The van der Waals surface area contributed by atoms with Gasteiger partial charge in [0.2, 0.25) is 0 Å². The number of rotatable bonds is 4. The second-order valence-corrected chi connectivity index (χ2v) is 7.46. The Balaban J connectivity index is 2.46. The molecule has 2 nitrogen and oxygen atoms in total. The zero-order chi connectivity index (χ0) is 13.8. The van der Waals surface area contributed by atoms with E-state index in [4.69, 9.17) is 0 Å². The third kappa shape index (κ3) is 5.13. The molecule has 3 heteroatoms. The first-order chi connectivity index (χ1) is 8.29. The van der Waals surface area contributed by atoms with Gasteiger partial charge in [0.05, 0.1) is 0 Å². The van der Waals surface area contributed by atoms with Crippen molar-refractivity contribution in [1.29, 1.82) is 0 Å². The minimum absolute atomic E-state index is 0.0296. The summed E-state index contributed by atoms with van der Waals surface area (Å²) in [6.45, 7) is 11.3. The van der Waals surface area contributed by atoms with E-state index in [1.807, 2.05) is 43.8 Å². The van der Waals surface area contributed by atoms with Gasteiger partial charge in [-0.2, -0.15) is 11.8 Å². The monoisotopic (exact) mass is 265 g/mol. The summed E-state index contributed by atoms with van der Waals surface area (Å²) in [5, 5.41) is 2.97. The summed E-state index contributed by atoms with van der Waals surface area (Å²) in [6.07, 6.45) is 0. The minimum Gasteiger partial charge on any atom is -0.351 e. The van der Waals surface area contributed by atoms with Gasteiger partial charge in [-0.1, -0.05) is 38.5 Å². The summed E-state index contributed by atoms with van der Waals surface area (Å²) in [7, 11) is 0. The van der Waals surface area contributed by atoms with Gasteiger partial charge in [-0.15, -0.1) is 0 Å². The maximum absolute atomic E-state index is 12.0. The first-order valence-electron chi connectivity index (χ1n) is 6.29. The Morgan fingerprint density at radius 2 is 1.94 bits per heavy atom. The number of hydrogen-bond donors (Lipinski definition) is 1. The number of hydrogen-bond acceptors (Lipinski definition) is 2. The molecule has 1 rings (SSSR count). The Morgan fingerprint density at radius 3 is 2.50 bits per heavy atom. The number of carbonyl (C=O) groups excluding carboxylic acids is 1. The predicted octanol–water partition coefficient (Wildman–Crippen LogP) is 3.56. The summed E-state index contributed by atoms with van der Waals surface area (Å²) < 4.78 is 0.254. The summed E-state index contributed by atoms with van der Waals surface area (Å²) in [5.74, 6) is 0.974. The quantitative estimate of drug-likeness (QED) is 0.843. The van der Waals surface area contributed by atoms with Crippen molar-refractivity contribution in [3.8, 4) is 0 Å². The molecular weight excluding hydrogens is 242 g/mol. The minimum atomic E-state index is 0.0296. The lowest BCUT2D eigenvalue weighted by atomic mass is 10.1. The molecule has 0 aliphatic carbocycles. The highest BCUT2D eigenvalue weighted by Gasteiger charge is 2.11. The SMILES string of the molecule is Cc1ccc(C(=O)NCCSC(C)(C)C)c(C)c1. The summed E-state index contributed by atoms with van der Waals surface area (Å²) in [6, 6.07) is 5.92. The van der Waals surface area contributed by atoms with Crippen molar-refractivity contribution < 1.29 is 4.79 Å². The van der Waals surface area contributed by atoms with Gasteiger partial charge in [0.25, 0.3) is 5.91 Å². The van der Waals surface area contributed by atoms with E-state index in [1.165, 1.54) is 5.56 Å². The van der Waals surface area contributed by atoms with Crippen molar-refractivity contribution in [3.05, 3.63) is 34.9 Å². The molecule has 0 unspecified atom stereocenters. The lowest BCUT2D eigenvalue weighted by molar-refractivity contribution is 0.0955. The van der Waals surface area contributed by atoms with E-state index in [0.717, 1.165) is 16.9 Å². The predicted molar refractivity (Wildman–Crippen MR) is 80.5 cm³/mol. The van der Waals surface area contributed by atoms with Crippen molar-refractivity contribution >= 4 is 17.7 Å². The average Bonchev–Trinajstić information content (AvgIpc) is 2.22. The average molecular weight is 265 g/mol. The Kier molecular flexibility index (Phi) is 5.27. The van der Waals surface area contributed by atoms with Crippen LogP contribution in [0.4, 0.5) is 0 Å². The number of thioether (sulfide) groups is 1.